The van der Waals surface area contributed by atoms with Crippen LogP contribution in [0.1, 0.15) is 16.9 Å². The number of carbonyl (C=O) groups excluding carboxylic acids is 2. The Balaban J connectivity index is 1.42. The number of aromatic nitrogens is 3. The predicted octanol–water partition coefficient (Wildman–Crippen LogP) is -0.228. The SMILES string of the molecule is O=C(Cn1cc(C(=O)O)nn1)NC1CC(=O)N(CCOc2ccccc2)C1. The molecule has 10 nitrogen and oxygen atoms in total. The van der Waals surface area contributed by atoms with Crippen LogP contribution in [0.2, 0.25) is 0 Å². The van der Waals surface area contributed by atoms with Crippen LogP contribution in [-0.2, 0) is 16.1 Å². The van der Waals surface area contributed by atoms with Gasteiger partial charge in [-0.1, -0.05) is 23.4 Å². The second-order valence-corrected chi connectivity index (χ2v) is 6.08. The van der Waals surface area contributed by atoms with Crippen molar-refractivity contribution in [2.75, 3.05) is 19.7 Å². The molecule has 2 aromatic rings. The highest BCUT2D eigenvalue weighted by molar-refractivity contribution is 5.85. The minimum atomic E-state index is -1.21. The monoisotopic (exact) mass is 373 g/mol. The van der Waals surface area contributed by atoms with Crippen LogP contribution in [0, 0.1) is 0 Å². The van der Waals surface area contributed by atoms with Gasteiger partial charge in [0, 0.05) is 13.0 Å². The van der Waals surface area contributed by atoms with Crippen molar-refractivity contribution in [3.05, 3.63) is 42.2 Å². The molecule has 1 aromatic heterocycles. The van der Waals surface area contributed by atoms with E-state index in [0.717, 1.165) is 10.4 Å². The van der Waals surface area contributed by atoms with E-state index in [0.29, 0.717) is 19.7 Å². The summed E-state index contributed by atoms with van der Waals surface area (Å²) in [7, 11) is 0. The van der Waals surface area contributed by atoms with Crippen LogP contribution in [0.25, 0.3) is 0 Å². The van der Waals surface area contributed by atoms with Crippen molar-refractivity contribution >= 4 is 17.8 Å². The molecule has 2 heterocycles. The number of amides is 2. The molecule has 1 fully saturated rings. The number of likely N-dealkylation sites (tertiary alicyclic amines) is 1. The molecule has 1 saturated heterocycles. The summed E-state index contributed by atoms with van der Waals surface area (Å²) in [4.78, 5) is 36.5. The Morgan fingerprint density at radius 1 is 1.30 bits per heavy atom. The van der Waals surface area contributed by atoms with Crippen LogP contribution in [0.4, 0.5) is 0 Å². The zero-order valence-corrected chi connectivity index (χ0v) is 14.4. The molecule has 1 atom stereocenters. The van der Waals surface area contributed by atoms with E-state index in [1.54, 1.807) is 4.90 Å². The maximum absolute atomic E-state index is 12.1. The normalized spacial score (nSPS) is 16.4. The number of carboxylic acids is 1. The lowest BCUT2D eigenvalue weighted by Gasteiger charge is -2.17. The van der Waals surface area contributed by atoms with Crippen molar-refractivity contribution in [2.24, 2.45) is 0 Å². The minimum Gasteiger partial charge on any atom is -0.492 e. The van der Waals surface area contributed by atoms with Gasteiger partial charge in [-0.25, -0.2) is 9.48 Å². The summed E-state index contributed by atoms with van der Waals surface area (Å²) >= 11 is 0. The maximum Gasteiger partial charge on any atom is 0.358 e. The first-order valence-electron chi connectivity index (χ1n) is 8.39. The number of hydrogen-bond acceptors (Lipinski definition) is 6. The summed E-state index contributed by atoms with van der Waals surface area (Å²) in [6.07, 6.45) is 1.39. The van der Waals surface area contributed by atoms with Crippen molar-refractivity contribution in [3.8, 4) is 5.75 Å². The Bertz CT molecular complexity index is 822. The van der Waals surface area contributed by atoms with Crippen LogP contribution < -0.4 is 10.1 Å². The van der Waals surface area contributed by atoms with E-state index in [2.05, 4.69) is 15.6 Å². The molecule has 1 aliphatic heterocycles. The van der Waals surface area contributed by atoms with E-state index < -0.39 is 5.97 Å². The van der Waals surface area contributed by atoms with E-state index >= 15 is 0 Å². The van der Waals surface area contributed by atoms with Gasteiger partial charge < -0.3 is 20.1 Å². The average Bonchev–Trinajstić information content (AvgIpc) is 3.23. The Kier molecular flexibility index (Phi) is 5.64. The molecular weight excluding hydrogens is 354 g/mol. The second kappa shape index (κ2) is 8.30. The van der Waals surface area contributed by atoms with Gasteiger partial charge in [-0.3, -0.25) is 9.59 Å². The third kappa shape index (κ3) is 5.03. The third-order valence-corrected chi connectivity index (χ3v) is 4.02. The number of ether oxygens (including phenoxy) is 1. The molecule has 1 unspecified atom stereocenters. The average molecular weight is 373 g/mol. The van der Waals surface area contributed by atoms with E-state index in [1.165, 1.54) is 6.20 Å². The van der Waals surface area contributed by atoms with Crippen molar-refractivity contribution in [1.29, 1.82) is 0 Å². The van der Waals surface area contributed by atoms with Crippen LogP contribution >= 0.6 is 0 Å². The van der Waals surface area contributed by atoms with Crippen LogP contribution in [0.15, 0.2) is 36.5 Å². The molecular formula is C17H19N5O5. The Morgan fingerprint density at radius 2 is 2.07 bits per heavy atom. The van der Waals surface area contributed by atoms with Gasteiger partial charge in [0.05, 0.1) is 18.8 Å². The lowest BCUT2D eigenvalue weighted by molar-refractivity contribution is -0.128. The topological polar surface area (TPSA) is 127 Å². The number of benzene rings is 1. The van der Waals surface area contributed by atoms with Crippen molar-refractivity contribution in [3.63, 3.8) is 0 Å². The van der Waals surface area contributed by atoms with Gasteiger partial charge in [0.25, 0.3) is 0 Å². The highest BCUT2D eigenvalue weighted by Crippen LogP contribution is 2.12. The third-order valence-electron chi connectivity index (χ3n) is 4.02. The fraction of sp³-hybridized carbons (Fsp3) is 0.353. The standard InChI is InChI=1S/C17H19N5O5/c23-15(11-22-10-14(17(25)26)19-20-22)18-12-8-16(24)21(9-12)6-7-27-13-4-2-1-3-5-13/h1-5,10,12H,6-9,11H2,(H,18,23)(H,25,26). The molecule has 0 aliphatic carbocycles. The molecule has 0 saturated carbocycles. The summed E-state index contributed by atoms with van der Waals surface area (Å²) in [6.45, 7) is 1.04. The van der Waals surface area contributed by atoms with Gasteiger partial charge >= 0.3 is 5.97 Å². The lowest BCUT2D eigenvalue weighted by Crippen LogP contribution is -2.39. The minimum absolute atomic E-state index is 0.0501. The zero-order valence-electron chi connectivity index (χ0n) is 14.4. The maximum atomic E-state index is 12.1. The first-order valence-corrected chi connectivity index (χ1v) is 8.39. The largest absolute Gasteiger partial charge is 0.492 e. The number of rotatable bonds is 8. The number of aromatic carboxylic acids is 1. The highest BCUT2D eigenvalue weighted by atomic mass is 16.5. The van der Waals surface area contributed by atoms with E-state index in [1.807, 2.05) is 30.3 Å². The molecule has 10 heteroatoms. The number of nitrogens with one attached hydrogen (secondary N) is 1. The number of nitrogens with zero attached hydrogens (tertiary/aromatic N) is 4. The lowest BCUT2D eigenvalue weighted by atomic mass is 10.2. The predicted molar refractivity (Wildman–Crippen MR) is 92.0 cm³/mol. The van der Waals surface area contributed by atoms with E-state index in [4.69, 9.17) is 9.84 Å². The van der Waals surface area contributed by atoms with Crippen molar-refractivity contribution < 1.29 is 24.2 Å². The second-order valence-electron chi connectivity index (χ2n) is 6.08. The molecule has 2 amide bonds. The zero-order chi connectivity index (χ0) is 19.2. The number of para-hydroxylation sites is 1. The van der Waals surface area contributed by atoms with Gasteiger partial charge in [0.1, 0.15) is 18.9 Å². The van der Waals surface area contributed by atoms with Gasteiger partial charge in [0.2, 0.25) is 11.8 Å². The molecule has 1 aromatic carbocycles. The Morgan fingerprint density at radius 3 is 2.78 bits per heavy atom. The first kappa shape index (κ1) is 18.4. The molecule has 142 valence electrons. The fourth-order valence-electron chi connectivity index (χ4n) is 2.77. The smallest absolute Gasteiger partial charge is 0.358 e. The molecule has 0 radical (unpaired) electrons. The van der Waals surface area contributed by atoms with E-state index in [9.17, 15) is 14.4 Å². The van der Waals surface area contributed by atoms with Crippen LogP contribution in [-0.4, -0.2) is 68.5 Å². The van der Waals surface area contributed by atoms with Gasteiger partial charge in [0.15, 0.2) is 5.69 Å². The number of carboxylic acid groups (broad SMARTS) is 1. The van der Waals surface area contributed by atoms with Crippen molar-refractivity contribution in [1.82, 2.24) is 25.2 Å². The van der Waals surface area contributed by atoms with Gasteiger partial charge in [-0.2, -0.15) is 0 Å². The molecule has 0 bridgehead atoms. The van der Waals surface area contributed by atoms with Gasteiger partial charge in [-0.05, 0) is 12.1 Å². The summed E-state index contributed by atoms with van der Waals surface area (Å²) < 4.78 is 6.73. The van der Waals surface area contributed by atoms with Crippen LogP contribution in [0.5, 0.6) is 5.75 Å². The van der Waals surface area contributed by atoms with Gasteiger partial charge in [-0.15, -0.1) is 5.10 Å². The molecule has 1 aliphatic rings. The molecule has 0 spiro atoms. The quantitative estimate of drug-likeness (QED) is 0.654. The molecule has 27 heavy (non-hydrogen) atoms. The Labute approximate surface area is 154 Å². The Hall–Kier alpha value is -3.43. The van der Waals surface area contributed by atoms with E-state index in [-0.39, 0.29) is 36.5 Å². The highest BCUT2D eigenvalue weighted by Gasteiger charge is 2.30. The summed E-state index contributed by atoms with van der Waals surface area (Å²) in [5.74, 6) is -0.887. The molecule has 2 N–H and O–H groups in total. The molecule has 3 rings (SSSR count). The number of carbonyl (C=O) groups is 3. The number of hydrogen-bond donors (Lipinski definition) is 2. The summed E-state index contributed by atoms with van der Waals surface area (Å²) in [5, 5.41) is 18.6. The van der Waals surface area contributed by atoms with Crippen LogP contribution in [0.3, 0.4) is 0 Å². The summed E-state index contributed by atoms with van der Waals surface area (Å²) in [6, 6.07) is 9.02. The van der Waals surface area contributed by atoms with Crippen molar-refractivity contribution in [2.45, 2.75) is 19.0 Å². The summed E-state index contributed by atoms with van der Waals surface area (Å²) in [5.41, 5.74) is -0.233. The fourth-order valence-corrected chi connectivity index (χ4v) is 2.77. The first-order chi connectivity index (χ1) is 13.0.